The molecular weight excluding hydrogens is 238 g/mol. The van der Waals surface area contributed by atoms with Crippen molar-refractivity contribution in [3.05, 3.63) is 41.8 Å². The largest absolute Gasteiger partial charge is 0.461 e. The fraction of sp³-hybridized carbons (Fsp3) is 0.200. The zero-order valence-electron chi connectivity index (χ0n) is 11.2. The first-order valence-electron chi connectivity index (χ1n) is 6.21. The Kier molecular flexibility index (Phi) is 2.71. The van der Waals surface area contributed by atoms with Crippen LogP contribution >= 0.6 is 0 Å². The quantitative estimate of drug-likeness (QED) is 0.758. The zero-order chi connectivity index (χ0) is 13.4. The van der Waals surface area contributed by atoms with E-state index < -0.39 is 0 Å². The molecule has 0 amide bonds. The molecule has 0 aliphatic heterocycles. The molecule has 0 fully saturated rings. The fourth-order valence-corrected chi connectivity index (χ4v) is 2.25. The van der Waals surface area contributed by atoms with Crippen LogP contribution in [0.1, 0.15) is 11.5 Å². The average molecular weight is 253 g/mol. The number of fused-ring (bicyclic) bond motifs is 1. The molecule has 0 spiro atoms. The van der Waals surface area contributed by atoms with Gasteiger partial charge in [-0.2, -0.15) is 0 Å². The van der Waals surface area contributed by atoms with Crippen molar-refractivity contribution >= 4 is 16.8 Å². The van der Waals surface area contributed by atoms with E-state index in [4.69, 9.17) is 4.42 Å². The van der Waals surface area contributed by atoms with Crippen LogP contribution in [0.15, 0.2) is 34.7 Å². The van der Waals surface area contributed by atoms with Gasteiger partial charge in [-0.05, 0) is 19.9 Å². The van der Waals surface area contributed by atoms with Gasteiger partial charge in [-0.1, -0.05) is 18.2 Å². The number of anilines is 1. The molecule has 1 aromatic carbocycles. The van der Waals surface area contributed by atoms with Gasteiger partial charge in [0.15, 0.2) is 5.82 Å². The Bertz CT molecular complexity index is 746. The summed E-state index contributed by atoms with van der Waals surface area (Å²) in [5, 5.41) is 4.10. The molecular formula is C15H15N3O. The summed E-state index contributed by atoms with van der Waals surface area (Å²) < 4.78 is 5.77. The lowest BCUT2D eigenvalue weighted by Crippen LogP contribution is -1.98. The SMILES string of the molecule is CNc1cc(C)nc(-c2c(C)oc3ccccc23)n1. The molecule has 3 rings (SSSR count). The van der Waals surface area contributed by atoms with E-state index in [1.54, 1.807) is 0 Å². The van der Waals surface area contributed by atoms with E-state index in [-0.39, 0.29) is 0 Å². The lowest BCUT2D eigenvalue weighted by Gasteiger charge is -2.05. The van der Waals surface area contributed by atoms with Crippen LogP contribution in [0.2, 0.25) is 0 Å². The summed E-state index contributed by atoms with van der Waals surface area (Å²) in [6.07, 6.45) is 0. The zero-order valence-corrected chi connectivity index (χ0v) is 11.2. The van der Waals surface area contributed by atoms with E-state index in [9.17, 15) is 0 Å². The van der Waals surface area contributed by atoms with E-state index in [1.807, 2.05) is 51.2 Å². The van der Waals surface area contributed by atoms with Gasteiger partial charge in [-0.25, -0.2) is 9.97 Å². The van der Waals surface area contributed by atoms with E-state index in [1.165, 1.54) is 0 Å². The molecule has 0 radical (unpaired) electrons. The van der Waals surface area contributed by atoms with E-state index in [0.717, 1.165) is 33.8 Å². The Hall–Kier alpha value is -2.36. The van der Waals surface area contributed by atoms with Crippen molar-refractivity contribution in [1.82, 2.24) is 9.97 Å². The van der Waals surface area contributed by atoms with Gasteiger partial charge < -0.3 is 9.73 Å². The van der Waals surface area contributed by atoms with Crippen molar-refractivity contribution in [3.63, 3.8) is 0 Å². The van der Waals surface area contributed by atoms with Gasteiger partial charge in [0.2, 0.25) is 0 Å². The second-order valence-corrected chi connectivity index (χ2v) is 4.50. The van der Waals surface area contributed by atoms with Gasteiger partial charge in [-0.15, -0.1) is 0 Å². The van der Waals surface area contributed by atoms with Crippen molar-refractivity contribution < 1.29 is 4.42 Å². The average Bonchev–Trinajstić information content (AvgIpc) is 2.73. The maximum Gasteiger partial charge on any atom is 0.165 e. The van der Waals surface area contributed by atoms with Crippen molar-refractivity contribution in [2.24, 2.45) is 0 Å². The first kappa shape index (κ1) is 11.7. The van der Waals surface area contributed by atoms with Crippen LogP contribution in [0.3, 0.4) is 0 Å². The van der Waals surface area contributed by atoms with Crippen molar-refractivity contribution in [2.45, 2.75) is 13.8 Å². The topological polar surface area (TPSA) is 51.0 Å². The highest BCUT2D eigenvalue weighted by Gasteiger charge is 2.15. The lowest BCUT2D eigenvalue weighted by molar-refractivity contribution is 0.579. The molecule has 4 heteroatoms. The molecule has 0 atom stereocenters. The maximum absolute atomic E-state index is 5.77. The predicted octanol–water partition coefficient (Wildman–Crippen LogP) is 3.55. The van der Waals surface area contributed by atoms with Gasteiger partial charge in [0.1, 0.15) is 17.2 Å². The first-order chi connectivity index (χ1) is 9.19. The number of hydrogen-bond acceptors (Lipinski definition) is 4. The molecule has 2 aromatic heterocycles. The van der Waals surface area contributed by atoms with Gasteiger partial charge in [-0.3, -0.25) is 0 Å². The van der Waals surface area contributed by atoms with Crippen LogP contribution in [0.5, 0.6) is 0 Å². The summed E-state index contributed by atoms with van der Waals surface area (Å²) in [6, 6.07) is 9.87. The molecule has 2 heterocycles. The van der Waals surface area contributed by atoms with Crippen molar-refractivity contribution in [2.75, 3.05) is 12.4 Å². The molecule has 96 valence electrons. The number of nitrogens with one attached hydrogen (secondary N) is 1. The fourth-order valence-electron chi connectivity index (χ4n) is 2.25. The Balaban J connectivity index is 2.29. The minimum atomic E-state index is 0.701. The second-order valence-electron chi connectivity index (χ2n) is 4.50. The summed E-state index contributed by atoms with van der Waals surface area (Å²) in [4.78, 5) is 9.05. The molecule has 0 saturated carbocycles. The number of furan rings is 1. The Labute approximate surface area is 111 Å². The molecule has 3 aromatic rings. The first-order valence-corrected chi connectivity index (χ1v) is 6.21. The molecule has 0 aliphatic rings. The lowest BCUT2D eigenvalue weighted by atomic mass is 10.1. The molecule has 4 nitrogen and oxygen atoms in total. The highest BCUT2D eigenvalue weighted by Crippen LogP contribution is 2.32. The minimum Gasteiger partial charge on any atom is -0.461 e. The highest BCUT2D eigenvalue weighted by molar-refractivity contribution is 5.93. The summed E-state index contributed by atoms with van der Waals surface area (Å²) in [5.74, 6) is 2.35. The number of aryl methyl sites for hydroxylation is 2. The van der Waals surface area contributed by atoms with Crippen molar-refractivity contribution in [3.8, 4) is 11.4 Å². The van der Waals surface area contributed by atoms with Gasteiger partial charge in [0, 0.05) is 24.2 Å². The van der Waals surface area contributed by atoms with E-state index >= 15 is 0 Å². The van der Waals surface area contributed by atoms with Gasteiger partial charge >= 0.3 is 0 Å². The number of nitrogens with zero attached hydrogens (tertiary/aromatic N) is 2. The molecule has 0 aliphatic carbocycles. The van der Waals surface area contributed by atoms with Crippen LogP contribution in [-0.4, -0.2) is 17.0 Å². The number of para-hydroxylation sites is 1. The van der Waals surface area contributed by atoms with Gasteiger partial charge in [0.05, 0.1) is 5.56 Å². The third-order valence-corrected chi connectivity index (χ3v) is 3.11. The molecule has 1 N–H and O–H groups in total. The smallest absolute Gasteiger partial charge is 0.165 e. The van der Waals surface area contributed by atoms with E-state index in [2.05, 4.69) is 15.3 Å². The summed E-state index contributed by atoms with van der Waals surface area (Å²) in [5.41, 5.74) is 2.76. The third-order valence-electron chi connectivity index (χ3n) is 3.11. The Morgan fingerprint density at radius 2 is 1.89 bits per heavy atom. The maximum atomic E-state index is 5.77. The number of rotatable bonds is 2. The van der Waals surface area contributed by atoms with Gasteiger partial charge in [0.25, 0.3) is 0 Å². The molecule has 19 heavy (non-hydrogen) atoms. The summed E-state index contributed by atoms with van der Waals surface area (Å²) in [6.45, 7) is 3.91. The summed E-state index contributed by atoms with van der Waals surface area (Å²) in [7, 11) is 1.85. The number of benzene rings is 1. The van der Waals surface area contributed by atoms with Crippen LogP contribution in [0.4, 0.5) is 5.82 Å². The normalized spacial score (nSPS) is 10.9. The predicted molar refractivity (Wildman–Crippen MR) is 76.3 cm³/mol. The second kappa shape index (κ2) is 4.39. The van der Waals surface area contributed by atoms with Crippen LogP contribution in [0.25, 0.3) is 22.4 Å². The van der Waals surface area contributed by atoms with E-state index in [0.29, 0.717) is 5.82 Å². The minimum absolute atomic E-state index is 0.701. The van der Waals surface area contributed by atoms with Crippen LogP contribution < -0.4 is 5.32 Å². The number of hydrogen-bond donors (Lipinski definition) is 1. The number of aromatic nitrogens is 2. The van der Waals surface area contributed by atoms with Crippen LogP contribution in [0, 0.1) is 13.8 Å². The molecule has 0 saturated heterocycles. The van der Waals surface area contributed by atoms with Crippen LogP contribution in [-0.2, 0) is 0 Å². The monoisotopic (exact) mass is 253 g/mol. The third kappa shape index (κ3) is 1.95. The highest BCUT2D eigenvalue weighted by atomic mass is 16.3. The standard InChI is InChI=1S/C15H15N3O/c1-9-8-13(16-3)18-15(17-9)14-10(2)19-12-7-5-4-6-11(12)14/h4-8H,1-3H3,(H,16,17,18). The Morgan fingerprint density at radius 3 is 2.68 bits per heavy atom. The molecule has 0 bridgehead atoms. The summed E-state index contributed by atoms with van der Waals surface area (Å²) >= 11 is 0. The Morgan fingerprint density at radius 1 is 1.11 bits per heavy atom. The molecule has 0 unspecified atom stereocenters. The van der Waals surface area contributed by atoms with Crippen molar-refractivity contribution in [1.29, 1.82) is 0 Å².